The maximum absolute atomic E-state index is 13.5. The molecule has 1 spiro atoms. The number of ether oxygens (including phenoxy) is 3. The molecule has 0 aromatic carbocycles. The van der Waals surface area contributed by atoms with Gasteiger partial charge in [-0.25, -0.2) is 4.79 Å². The number of aliphatic hydroxyl groups excluding tert-OH is 2. The van der Waals surface area contributed by atoms with Crippen molar-refractivity contribution in [3.63, 3.8) is 0 Å². The van der Waals surface area contributed by atoms with Gasteiger partial charge in [-0.3, -0.25) is 9.69 Å². The molecular formula is C37H59NO11. The van der Waals surface area contributed by atoms with Gasteiger partial charge in [-0.15, -0.1) is 0 Å². The lowest BCUT2D eigenvalue weighted by Gasteiger charge is -2.64. The van der Waals surface area contributed by atoms with Crippen molar-refractivity contribution in [2.75, 3.05) is 13.1 Å². The third-order valence-electron chi connectivity index (χ3n) is 15.4. The molecule has 3 saturated heterocycles. The van der Waals surface area contributed by atoms with E-state index in [4.69, 9.17) is 14.2 Å². The number of esters is 2. The van der Waals surface area contributed by atoms with Crippen molar-refractivity contribution in [3.8, 4) is 0 Å². The van der Waals surface area contributed by atoms with Crippen LogP contribution in [0.4, 0.5) is 0 Å². The number of hydrogen-bond acceptors (Lipinski definition) is 12. The zero-order valence-electron chi connectivity index (χ0n) is 30.2. The molecule has 12 heteroatoms. The summed E-state index contributed by atoms with van der Waals surface area (Å²) in [5.41, 5.74) is -7.25. The Bertz CT molecular complexity index is 1360. The average Bonchev–Trinajstić information content (AvgIpc) is 3.32. The van der Waals surface area contributed by atoms with Gasteiger partial charge in [-0.1, -0.05) is 34.6 Å². The first-order valence-electron chi connectivity index (χ1n) is 18.9. The van der Waals surface area contributed by atoms with Gasteiger partial charge in [0.25, 0.3) is 0 Å². The molecule has 0 amide bonds. The summed E-state index contributed by atoms with van der Waals surface area (Å²) in [4.78, 5) is 28.8. The van der Waals surface area contributed by atoms with Crippen LogP contribution in [-0.4, -0.2) is 119 Å². The highest BCUT2D eigenvalue weighted by Crippen LogP contribution is 2.77. The molecular weight excluding hydrogens is 634 g/mol. The quantitative estimate of drug-likeness (QED) is 0.221. The summed E-state index contributed by atoms with van der Waals surface area (Å²) in [5.74, 6) is -7.02. The fraction of sp³-hybridized carbons (Fsp3) is 0.946. The number of carbonyl (C=O) groups is 2. The van der Waals surface area contributed by atoms with Crippen LogP contribution in [0.1, 0.15) is 99.8 Å². The average molecular weight is 694 g/mol. The van der Waals surface area contributed by atoms with E-state index in [0.29, 0.717) is 25.3 Å². The maximum atomic E-state index is 13.5. The molecule has 49 heavy (non-hydrogen) atoms. The zero-order chi connectivity index (χ0) is 35.9. The largest absolute Gasteiger partial charge is 0.459 e. The van der Waals surface area contributed by atoms with E-state index in [9.17, 15) is 40.2 Å². The molecule has 278 valence electrons. The Hall–Kier alpha value is -1.38. The monoisotopic (exact) mass is 693 g/mol. The third-order valence-corrected chi connectivity index (χ3v) is 15.4. The number of fused-ring (bicyclic) bond motifs is 5. The van der Waals surface area contributed by atoms with Crippen LogP contribution < -0.4 is 0 Å². The van der Waals surface area contributed by atoms with Crippen LogP contribution in [0, 0.1) is 46.8 Å². The van der Waals surface area contributed by atoms with Gasteiger partial charge in [0.05, 0.1) is 23.2 Å². The summed E-state index contributed by atoms with van der Waals surface area (Å²) in [6, 6.07) is -0.221. The molecule has 4 bridgehead atoms. The van der Waals surface area contributed by atoms with E-state index in [2.05, 4.69) is 11.8 Å². The zero-order valence-corrected chi connectivity index (χ0v) is 30.2. The van der Waals surface area contributed by atoms with Gasteiger partial charge in [0.1, 0.15) is 17.8 Å². The molecule has 18 atom stereocenters. The van der Waals surface area contributed by atoms with Crippen LogP contribution in [0.5, 0.6) is 0 Å². The summed E-state index contributed by atoms with van der Waals surface area (Å²) in [7, 11) is 0. The van der Waals surface area contributed by atoms with E-state index in [1.165, 1.54) is 6.92 Å². The summed E-state index contributed by atoms with van der Waals surface area (Å²) in [5, 5.41) is 73.3. The van der Waals surface area contributed by atoms with E-state index in [-0.39, 0.29) is 31.7 Å². The number of carbonyl (C=O) groups excluding carboxylic acids is 2. The third kappa shape index (κ3) is 4.56. The van der Waals surface area contributed by atoms with Gasteiger partial charge in [0.2, 0.25) is 5.79 Å². The number of hydrogen-bond donors (Lipinski definition) is 6. The van der Waals surface area contributed by atoms with Crippen molar-refractivity contribution in [3.05, 3.63) is 0 Å². The lowest BCUT2D eigenvalue weighted by Crippen LogP contribution is -2.77. The molecule has 3 heterocycles. The van der Waals surface area contributed by atoms with Crippen LogP contribution in [0.15, 0.2) is 0 Å². The fourth-order valence-electron chi connectivity index (χ4n) is 12.4. The SMILES string of the molecule is CCC(C)C(=O)OC1C2C(CN3CC(C)CCC3C2(C)O)C2CC34OC5(O)C(OC(=O)C(C)(O)CC)CCC3(C)C5CC(O)C4C2(O)C1O. The lowest BCUT2D eigenvalue weighted by atomic mass is 9.49. The number of nitrogens with zero attached hydrogens (tertiary/aromatic N) is 1. The normalized spacial score (nSPS) is 54.8. The Balaban J connectivity index is 1.33. The molecule has 0 radical (unpaired) electrons. The van der Waals surface area contributed by atoms with Crippen molar-refractivity contribution < 1.29 is 54.4 Å². The Morgan fingerprint density at radius 2 is 1.76 bits per heavy atom. The van der Waals surface area contributed by atoms with Crippen molar-refractivity contribution in [1.29, 1.82) is 0 Å². The predicted octanol–water partition coefficient (Wildman–Crippen LogP) is 1.49. The van der Waals surface area contributed by atoms with Crippen molar-refractivity contribution in [1.82, 2.24) is 4.90 Å². The Kier molecular flexibility index (Phi) is 8.31. The highest BCUT2D eigenvalue weighted by atomic mass is 16.7. The summed E-state index contributed by atoms with van der Waals surface area (Å²) in [6.07, 6.45) is -2.02. The Labute approximate surface area is 289 Å². The first kappa shape index (κ1) is 36.0. The van der Waals surface area contributed by atoms with Crippen molar-refractivity contribution in [2.24, 2.45) is 46.8 Å². The topological polar surface area (TPSA) is 186 Å². The number of aliphatic hydroxyl groups is 6. The molecule has 7 fully saturated rings. The summed E-state index contributed by atoms with van der Waals surface area (Å²) >= 11 is 0. The molecule has 18 unspecified atom stereocenters. The second-order valence-corrected chi connectivity index (χ2v) is 18.0. The molecule has 0 aromatic rings. The van der Waals surface area contributed by atoms with Gasteiger partial charge in [0.15, 0.2) is 11.7 Å². The second kappa shape index (κ2) is 11.3. The molecule has 3 aliphatic heterocycles. The highest BCUT2D eigenvalue weighted by molar-refractivity contribution is 5.78. The van der Waals surface area contributed by atoms with E-state index < -0.39 is 105 Å². The summed E-state index contributed by atoms with van der Waals surface area (Å²) in [6.45, 7) is 13.9. The second-order valence-electron chi connectivity index (χ2n) is 18.0. The van der Waals surface area contributed by atoms with Crippen LogP contribution in [-0.2, 0) is 23.8 Å². The molecule has 7 rings (SSSR count). The Morgan fingerprint density at radius 3 is 2.41 bits per heavy atom. The smallest absolute Gasteiger partial charge is 0.338 e. The molecule has 12 nitrogen and oxygen atoms in total. The predicted molar refractivity (Wildman–Crippen MR) is 174 cm³/mol. The van der Waals surface area contributed by atoms with Crippen LogP contribution in [0.25, 0.3) is 0 Å². The van der Waals surface area contributed by atoms with E-state index in [1.54, 1.807) is 20.8 Å². The Morgan fingerprint density at radius 1 is 1.06 bits per heavy atom. The van der Waals surface area contributed by atoms with Gasteiger partial charge in [-0.05, 0) is 83.0 Å². The first-order valence-corrected chi connectivity index (χ1v) is 18.9. The molecule has 4 saturated carbocycles. The standard InChI is InChI=1S/C37H59NO11/c1-8-19(4)30(41)48-27-26-20(17-38-16-18(3)10-11-24(38)34(26,7)44)21-15-35-28(36(21,45)29(27)40)22(39)14-23-32(35,5)13-12-25(37(23,46)49-35)47-31(42)33(6,43)9-2/h18-29,39-40,43-46H,8-17H2,1-7H3. The van der Waals surface area contributed by atoms with Crippen molar-refractivity contribution in [2.45, 2.75) is 158 Å². The minimum absolute atomic E-state index is 0.0221. The molecule has 7 aliphatic rings. The van der Waals surface area contributed by atoms with Crippen molar-refractivity contribution >= 4 is 11.9 Å². The van der Waals surface area contributed by atoms with Crippen LogP contribution in [0.3, 0.4) is 0 Å². The molecule has 6 N–H and O–H groups in total. The van der Waals surface area contributed by atoms with Crippen LogP contribution in [0.2, 0.25) is 0 Å². The van der Waals surface area contributed by atoms with Gasteiger partial charge >= 0.3 is 11.9 Å². The van der Waals surface area contributed by atoms with E-state index in [0.717, 1.165) is 19.4 Å². The molecule has 4 aliphatic carbocycles. The van der Waals surface area contributed by atoms with E-state index >= 15 is 0 Å². The van der Waals surface area contributed by atoms with Gasteiger partial charge < -0.3 is 44.8 Å². The number of piperidine rings is 2. The highest BCUT2D eigenvalue weighted by Gasteiger charge is 2.87. The first-order chi connectivity index (χ1) is 22.7. The lowest BCUT2D eigenvalue weighted by molar-refractivity contribution is -0.299. The summed E-state index contributed by atoms with van der Waals surface area (Å²) < 4.78 is 18.8. The van der Waals surface area contributed by atoms with Crippen LogP contribution >= 0.6 is 0 Å². The number of rotatable bonds is 6. The molecule has 0 aromatic heterocycles. The minimum atomic E-state index is -2.01. The van der Waals surface area contributed by atoms with Gasteiger partial charge in [-0.2, -0.15) is 0 Å². The van der Waals surface area contributed by atoms with E-state index in [1.807, 2.05) is 13.8 Å². The fourth-order valence-corrected chi connectivity index (χ4v) is 12.4. The maximum Gasteiger partial charge on any atom is 0.338 e. The minimum Gasteiger partial charge on any atom is -0.459 e. The van der Waals surface area contributed by atoms with Gasteiger partial charge in [0, 0.05) is 42.3 Å².